The Morgan fingerprint density at radius 3 is 2.70 bits per heavy atom. The molecule has 4 rings (SSSR count). The van der Waals surface area contributed by atoms with Gasteiger partial charge in [0.25, 0.3) is 5.91 Å². The van der Waals surface area contributed by atoms with E-state index in [1.54, 1.807) is 12.3 Å². The van der Waals surface area contributed by atoms with Crippen LogP contribution in [0.25, 0.3) is 11.3 Å². The predicted molar refractivity (Wildman–Crippen MR) is 104 cm³/mol. The Kier molecular flexibility index (Phi) is 5.14. The van der Waals surface area contributed by atoms with Crippen molar-refractivity contribution in [2.24, 2.45) is 0 Å². The van der Waals surface area contributed by atoms with Crippen LogP contribution in [0.5, 0.6) is 0 Å². The van der Waals surface area contributed by atoms with Crippen molar-refractivity contribution >= 4 is 11.7 Å². The van der Waals surface area contributed by atoms with Gasteiger partial charge in [0.1, 0.15) is 5.76 Å². The number of anilines is 1. The monoisotopic (exact) mass is 362 g/mol. The van der Waals surface area contributed by atoms with Crippen molar-refractivity contribution in [3.05, 3.63) is 66.1 Å². The summed E-state index contributed by atoms with van der Waals surface area (Å²) in [5.41, 5.74) is 2.26. The maximum atomic E-state index is 12.4. The molecule has 0 saturated carbocycles. The second-order valence-electron chi connectivity index (χ2n) is 6.64. The molecule has 3 heterocycles. The maximum Gasteiger partial charge on any atom is 0.251 e. The number of aromatic nitrogens is 2. The van der Waals surface area contributed by atoms with Crippen LogP contribution in [0.15, 0.2) is 59.2 Å². The minimum Gasteiger partial charge on any atom is -0.469 e. The predicted octanol–water partition coefficient (Wildman–Crippen LogP) is 3.31. The number of nitrogens with zero attached hydrogens (tertiary/aromatic N) is 3. The fourth-order valence-corrected chi connectivity index (χ4v) is 3.27. The van der Waals surface area contributed by atoms with Gasteiger partial charge in [-0.15, -0.1) is 10.2 Å². The summed E-state index contributed by atoms with van der Waals surface area (Å²) in [6, 6.07) is 15.2. The highest BCUT2D eigenvalue weighted by Crippen LogP contribution is 2.21. The topological polar surface area (TPSA) is 71.3 Å². The smallest absolute Gasteiger partial charge is 0.251 e. The Hall–Kier alpha value is -3.15. The maximum absolute atomic E-state index is 12.4. The molecule has 0 spiro atoms. The molecular weight excluding hydrogens is 340 g/mol. The molecule has 27 heavy (non-hydrogen) atoms. The van der Waals surface area contributed by atoms with E-state index in [1.807, 2.05) is 42.5 Å². The minimum absolute atomic E-state index is 0.106. The summed E-state index contributed by atoms with van der Waals surface area (Å²) in [5, 5.41) is 11.6. The van der Waals surface area contributed by atoms with Crippen LogP contribution in [0, 0.1) is 0 Å². The summed E-state index contributed by atoms with van der Waals surface area (Å²) in [6.07, 6.45) is 4.72. The lowest BCUT2D eigenvalue weighted by molar-refractivity contribution is 0.0953. The standard InChI is InChI=1S/C21H22N4O2/c26-21(22-11-10-18-7-4-14-27-18)17-6-3-5-16(15-17)19-8-9-20(24-23-19)25-12-1-2-13-25/h3-9,14-15H,1-2,10-13H2,(H,22,26). The lowest BCUT2D eigenvalue weighted by atomic mass is 10.1. The van der Waals surface area contributed by atoms with Gasteiger partial charge in [-0.2, -0.15) is 0 Å². The Morgan fingerprint density at radius 2 is 1.96 bits per heavy atom. The molecule has 6 heteroatoms. The van der Waals surface area contributed by atoms with Crippen molar-refractivity contribution < 1.29 is 9.21 Å². The normalized spacial score (nSPS) is 13.7. The quantitative estimate of drug-likeness (QED) is 0.728. The van der Waals surface area contributed by atoms with E-state index in [0.717, 1.165) is 35.9 Å². The molecule has 0 bridgehead atoms. The second kappa shape index (κ2) is 8.03. The molecule has 1 amide bonds. The van der Waals surface area contributed by atoms with E-state index in [0.29, 0.717) is 18.5 Å². The summed E-state index contributed by atoms with van der Waals surface area (Å²) >= 11 is 0. The summed E-state index contributed by atoms with van der Waals surface area (Å²) in [6.45, 7) is 2.62. The van der Waals surface area contributed by atoms with Crippen molar-refractivity contribution in [1.82, 2.24) is 15.5 Å². The van der Waals surface area contributed by atoms with Crippen molar-refractivity contribution in [2.45, 2.75) is 19.3 Å². The van der Waals surface area contributed by atoms with Gasteiger partial charge < -0.3 is 14.6 Å². The molecule has 2 aromatic heterocycles. The van der Waals surface area contributed by atoms with Gasteiger partial charge in [0.05, 0.1) is 12.0 Å². The molecule has 1 saturated heterocycles. The van der Waals surface area contributed by atoms with E-state index in [2.05, 4.69) is 20.4 Å². The minimum atomic E-state index is -0.106. The number of benzene rings is 1. The van der Waals surface area contributed by atoms with E-state index in [-0.39, 0.29) is 5.91 Å². The van der Waals surface area contributed by atoms with Gasteiger partial charge >= 0.3 is 0 Å². The first-order valence-electron chi connectivity index (χ1n) is 9.29. The molecule has 1 N–H and O–H groups in total. The van der Waals surface area contributed by atoms with Gasteiger partial charge in [-0.25, -0.2) is 0 Å². The number of rotatable bonds is 6. The molecule has 0 aliphatic carbocycles. The third kappa shape index (κ3) is 4.16. The third-order valence-electron chi connectivity index (χ3n) is 4.74. The lowest BCUT2D eigenvalue weighted by Crippen LogP contribution is -2.25. The van der Waals surface area contributed by atoms with Crippen LogP contribution in [-0.2, 0) is 6.42 Å². The van der Waals surface area contributed by atoms with Gasteiger partial charge in [-0.3, -0.25) is 4.79 Å². The summed E-state index contributed by atoms with van der Waals surface area (Å²) in [4.78, 5) is 14.7. The fourth-order valence-electron chi connectivity index (χ4n) is 3.27. The number of amides is 1. The summed E-state index contributed by atoms with van der Waals surface area (Å²) in [5.74, 6) is 1.67. The Balaban J connectivity index is 1.41. The first kappa shape index (κ1) is 17.3. The highest BCUT2D eigenvalue weighted by atomic mass is 16.3. The van der Waals surface area contributed by atoms with E-state index in [9.17, 15) is 4.79 Å². The number of carbonyl (C=O) groups is 1. The molecule has 1 aromatic carbocycles. The molecule has 0 atom stereocenters. The van der Waals surface area contributed by atoms with Gasteiger partial charge in [0, 0.05) is 37.2 Å². The van der Waals surface area contributed by atoms with Gasteiger partial charge in [-0.05, 0) is 49.2 Å². The number of carbonyl (C=O) groups excluding carboxylic acids is 1. The number of furan rings is 1. The summed E-state index contributed by atoms with van der Waals surface area (Å²) in [7, 11) is 0. The van der Waals surface area contributed by atoms with Crippen LogP contribution in [0.4, 0.5) is 5.82 Å². The number of nitrogens with one attached hydrogen (secondary N) is 1. The molecule has 6 nitrogen and oxygen atoms in total. The van der Waals surface area contributed by atoms with Crippen molar-refractivity contribution in [2.75, 3.05) is 24.5 Å². The average molecular weight is 362 g/mol. The van der Waals surface area contributed by atoms with Crippen molar-refractivity contribution in [3.8, 4) is 11.3 Å². The molecule has 1 fully saturated rings. The highest BCUT2D eigenvalue weighted by Gasteiger charge is 2.14. The van der Waals surface area contributed by atoms with Crippen LogP contribution < -0.4 is 10.2 Å². The zero-order chi connectivity index (χ0) is 18.5. The van der Waals surface area contributed by atoms with Gasteiger partial charge in [0.15, 0.2) is 5.82 Å². The van der Waals surface area contributed by atoms with Gasteiger partial charge in [-0.1, -0.05) is 12.1 Å². The first-order valence-corrected chi connectivity index (χ1v) is 9.29. The zero-order valence-electron chi connectivity index (χ0n) is 15.1. The Labute approximate surface area is 158 Å². The van der Waals surface area contributed by atoms with Crippen LogP contribution in [0.3, 0.4) is 0 Å². The molecular formula is C21H22N4O2. The Morgan fingerprint density at radius 1 is 1.07 bits per heavy atom. The molecule has 138 valence electrons. The van der Waals surface area contributed by atoms with Crippen molar-refractivity contribution in [3.63, 3.8) is 0 Å². The lowest BCUT2D eigenvalue weighted by Gasteiger charge is -2.15. The van der Waals surface area contributed by atoms with Crippen LogP contribution in [-0.4, -0.2) is 35.7 Å². The largest absolute Gasteiger partial charge is 0.469 e. The average Bonchev–Trinajstić information content (AvgIpc) is 3.42. The van der Waals surface area contributed by atoms with E-state index in [1.165, 1.54) is 12.8 Å². The van der Waals surface area contributed by atoms with E-state index in [4.69, 9.17) is 4.42 Å². The van der Waals surface area contributed by atoms with Crippen LogP contribution in [0.2, 0.25) is 0 Å². The molecule has 0 unspecified atom stereocenters. The SMILES string of the molecule is O=C(NCCc1ccco1)c1cccc(-c2ccc(N3CCCC3)nn2)c1. The van der Waals surface area contributed by atoms with Gasteiger partial charge in [0.2, 0.25) is 0 Å². The van der Waals surface area contributed by atoms with E-state index >= 15 is 0 Å². The Bertz CT molecular complexity index is 885. The first-order chi connectivity index (χ1) is 13.3. The van der Waals surface area contributed by atoms with E-state index < -0.39 is 0 Å². The summed E-state index contributed by atoms with van der Waals surface area (Å²) < 4.78 is 5.27. The van der Waals surface area contributed by atoms with Crippen LogP contribution >= 0.6 is 0 Å². The molecule has 0 radical (unpaired) electrons. The molecule has 1 aliphatic rings. The number of hydrogen-bond acceptors (Lipinski definition) is 5. The highest BCUT2D eigenvalue weighted by molar-refractivity contribution is 5.95. The molecule has 3 aromatic rings. The second-order valence-corrected chi connectivity index (χ2v) is 6.64. The molecule has 1 aliphatic heterocycles. The third-order valence-corrected chi connectivity index (χ3v) is 4.74. The fraction of sp³-hybridized carbons (Fsp3) is 0.286. The van der Waals surface area contributed by atoms with Crippen molar-refractivity contribution in [1.29, 1.82) is 0 Å². The zero-order valence-corrected chi connectivity index (χ0v) is 15.1. The number of hydrogen-bond donors (Lipinski definition) is 1. The van der Waals surface area contributed by atoms with Crippen LogP contribution in [0.1, 0.15) is 29.0 Å².